The molecule has 2 fully saturated rings. The first kappa shape index (κ1) is 26.7. The molecule has 2 saturated heterocycles. The third-order valence-electron chi connectivity index (χ3n) is 5.45. The molecule has 0 aromatic heterocycles. The third-order valence-corrected chi connectivity index (χ3v) is 6.26. The van der Waals surface area contributed by atoms with Crippen LogP contribution >= 0.6 is 11.8 Å². The molecule has 2 aliphatic rings. The molecular weight excluding hydrogens is 472 g/mol. The minimum atomic E-state index is -0.510. The van der Waals surface area contributed by atoms with Crippen molar-refractivity contribution in [2.75, 3.05) is 45.3 Å². The average molecular weight is 507 g/mol. The Bertz CT molecular complexity index is 991. The van der Waals surface area contributed by atoms with Crippen molar-refractivity contribution in [1.82, 2.24) is 16.0 Å². The summed E-state index contributed by atoms with van der Waals surface area (Å²) < 4.78 is 16.2. The molecule has 35 heavy (non-hydrogen) atoms. The van der Waals surface area contributed by atoms with Crippen molar-refractivity contribution >= 4 is 40.8 Å². The molecule has 0 bridgehead atoms. The molecule has 1 aromatic carbocycles. The lowest BCUT2D eigenvalue weighted by molar-refractivity contribution is -0.115. The largest absolute Gasteiger partial charge is 0.493 e. The lowest BCUT2D eigenvalue weighted by Crippen LogP contribution is -2.36. The van der Waals surface area contributed by atoms with Gasteiger partial charge in [-0.15, -0.1) is 0 Å². The van der Waals surface area contributed by atoms with Gasteiger partial charge in [-0.3, -0.25) is 14.9 Å². The number of amides is 3. The number of hydrogen-bond donors (Lipinski definition) is 3. The zero-order valence-electron chi connectivity index (χ0n) is 20.9. The molecule has 3 rings (SSSR count). The third kappa shape index (κ3) is 7.53. The molecule has 2 aliphatic heterocycles. The highest BCUT2D eigenvalue weighted by Gasteiger charge is 2.28. The number of methoxy groups -OCH3 is 2. The first-order valence-corrected chi connectivity index (χ1v) is 12.4. The SMILES string of the molecule is COc1cc(/C=C2/SC(=O)NC2=O)c(N2CCC(NCCCNC(=O)OC(C)(C)C)C2)cc1OC. The van der Waals surface area contributed by atoms with Crippen LogP contribution in [0.15, 0.2) is 17.0 Å². The molecular formula is C24H34N4O6S. The highest BCUT2D eigenvalue weighted by atomic mass is 32.2. The number of hydrogen-bond acceptors (Lipinski definition) is 9. The maximum absolute atomic E-state index is 12.1. The predicted octanol–water partition coefficient (Wildman–Crippen LogP) is 3.11. The number of carbonyl (C=O) groups is 3. The van der Waals surface area contributed by atoms with E-state index in [0.717, 1.165) is 55.5 Å². The lowest BCUT2D eigenvalue weighted by Gasteiger charge is -2.23. The van der Waals surface area contributed by atoms with E-state index in [1.54, 1.807) is 20.3 Å². The average Bonchev–Trinajstić information content (AvgIpc) is 3.37. The molecule has 2 heterocycles. The number of carbonyl (C=O) groups excluding carboxylic acids is 3. The van der Waals surface area contributed by atoms with E-state index in [2.05, 4.69) is 20.9 Å². The Hall–Kier alpha value is -2.92. The standard InChI is InChI=1S/C24H34N4O6S/c1-24(2,3)34-22(30)26-9-6-8-25-16-7-10-28(14-16)17-13-19(33-5)18(32-4)11-15(17)12-20-21(29)27-23(31)35-20/h11-13,16,25H,6-10,14H2,1-5H3,(H,26,30)(H,27,29,31)/b20-12+. The Morgan fingerprint density at radius 2 is 1.91 bits per heavy atom. The van der Waals surface area contributed by atoms with Gasteiger partial charge in [0.2, 0.25) is 0 Å². The second kappa shape index (κ2) is 11.7. The highest BCUT2D eigenvalue weighted by Crippen LogP contribution is 2.39. The number of rotatable bonds is 9. The van der Waals surface area contributed by atoms with Crippen LogP contribution in [0.25, 0.3) is 6.08 Å². The monoisotopic (exact) mass is 506 g/mol. The Kier molecular flexibility index (Phi) is 8.90. The summed E-state index contributed by atoms with van der Waals surface area (Å²) in [5.41, 5.74) is 1.17. The van der Waals surface area contributed by atoms with E-state index < -0.39 is 17.6 Å². The Labute approximate surface area is 210 Å². The first-order valence-electron chi connectivity index (χ1n) is 11.6. The number of imide groups is 1. The number of thioether (sulfide) groups is 1. The van der Waals surface area contributed by atoms with Gasteiger partial charge in [0.05, 0.1) is 19.1 Å². The van der Waals surface area contributed by atoms with Gasteiger partial charge >= 0.3 is 6.09 Å². The van der Waals surface area contributed by atoms with Crippen LogP contribution in [0.5, 0.6) is 11.5 Å². The summed E-state index contributed by atoms with van der Waals surface area (Å²) in [4.78, 5) is 38.0. The number of nitrogens with zero attached hydrogens (tertiary/aromatic N) is 1. The van der Waals surface area contributed by atoms with Crippen molar-refractivity contribution in [3.05, 3.63) is 22.6 Å². The summed E-state index contributed by atoms with van der Waals surface area (Å²) in [7, 11) is 3.14. The van der Waals surface area contributed by atoms with Gasteiger partial charge in [0.15, 0.2) is 11.5 Å². The smallest absolute Gasteiger partial charge is 0.407 e. The van der Waals surface area contributed by atoms with E-state index in [1.807, 2.05) is 32.9 Å². The lowest BCUT2D eigenvalue weighted by atomic mass is 10.1. The van der Waals surface area contributed by atoms with Crippen molar-refractivity contribution in [2.45, 2.75) is 45.3 Å². The van der Waals surface area contributed by atoms with Crippen LogP contribution in [0.2, 0.25) is 0 Å². The van der Waals surface area contributed by atoms with Crippen molar-refractivity contribution in [1.29, 1.82) is 0 Å². The maximum Gasteiger partial charge on any atom is 0.407 e. The molecule has 192 valence electrons. The number of benzene rings is 1. The topological polar surface area (TPSA) is 118 Å². The van der Waals surface area contributed by atoms with Gasteiger partial charge in [-0.05, 0) is 64.1 Å². The van der Waals surface area contributed by atoms with E-state index in [4.69, 9.17) is 14.2 Å². The predicted molar refractivity (Wildman–Crippen MR) is 136 cm³/mol. The second-order valence-electron chi connectivity index (χ2n) is 9.29. The van der Waals surface area contributed by atoms with Gasteiger partial charge < -0.3 is 29.7 Å². The minimum absolute atomic E-state index is 0.274. The van der Waals surface area contributed by atoms with E-state index in [-0.39, 0.29) is 11.3 Å². The number of anilines is 1. The zero-order chi connectivity index (χ0) is 25.6. The molecule has 3 amide bonds. The van der Waals surface area contributed by atoms with Gasteiger partial charge in [-0.25, -0.2) is 4.79 Å². The molecule has 0 radical (unpaired) electrons. The van der Waals surface area contributed by atoms with Crippen LogP contribution in [-0.2, 0) is 9.53 Å². The highest BCUT2D eigenvalue weighted by molar-refractivity contribution is 8.18. The molecule has 0 spiro atoms. The van der Waals surface area contributed by atoms with E-state index >= 15 is 0 Å². The van der Waals surface area contributed by atoms with Crippen LogP contribution < -0.4 is 30.3 Å². The Balaban J connectivity index is 1.61. The van der Waals surface area contributed by atoms with Crippen LogP contribution in [0.4, 0.5) is 15.3 Å². The molecule has 10 nitrogen and oxygen atoms in total. The van der Waals surface area contributed by atoms with Gasteiger partial charge in [-0.1, -0.05) is 0 Å². The summed E-state index contributed by atoms with van der Waals surface area (Å²) >= 11 is 0.884. The molecule has 3 N–H and O–H groups in total. The maximum atomic E-state index is 12.1. The van der Waals surface area contributed by atoms with Crippen LogP contribution in [0, 0.1) is 0 Å². The second-order valence-corrected chi connectivity index (χ2v) is 10.3. The van der Waals surface area contributed by atoms with E-state index in [9.17, 15) is 14.4 Å². The van der Waals surface area contributed by atoms with Gasteiger partial charge in [-0.2, -0.15) is 0 Å². The van der Waals surface area contributed by atoms with Crippen molar-refractivity contribution in [3.63, 3.8) is 0 Å². The van der Waals surface area contributed by atoms with Gasteiger partial charge in [0.25, 0.3) is 11.1 Å². The Morgan fingerprint density at radius 3 is 2.54 bits per heavy atom. The molecule has 0 aliphatic carbocycles. The van der Waals surface area contributed by atoms with Crippen molar-refractivity contribution in [2.24, 2.45) is 0 Å². The summed E-state index contributed by atoms with van der Waals surface area (Å²) in [5, 5.41) is 8.22. The number of alkyl carbamates (subject to hydrolysis) is 1. The van der Waals surface area contributed by atoms with Crippen LogP contribution in [0.1, 0.15) is 39.2 Å². The van der Waals surface area contributed by atoms with E-state index in [0.29, 0.717) is 22.9 Å². The summed E-state index contributed by atoms with van der Waals surface area (Å²) in [6.45, 7) is 8.38. The molecule has 1 atom stereocenters. The normalized spacial score (nSPS) is 19.2. The number of ether oxygens (including phenoxy) is 3. The molecule has 1 aromatic rings. The van der Waals surface area contributed by atoms with Gasteiger partial charge in [0, 0.05) is 43.0 Å². The summed E-state index contributed by atoms with van der Waals surface area (Å²) in [5.74, 6) is 0.736. The van der Waals surface area contributed by atoms with Crippen molar-refractivity contribution in [3.8, 4) is 11.5 Å². The van der Waals surface area contributed by atoms with E-state index in [1.165, 1.54) is 0 Å². The molecule has 0 saturated carbocycles. The number of nitrogens with one attached hydrogen (secondary N) is 3. The van der Waals surface area contributed by atoms with Crippen LogP contribution in [-0.4, -0.2) is 69.3 Å². The van der Waals surface area contributed by atoms with Crippen LogP contribution in [0.3, 0.4) is 0 Å². The molecule has 11 heteroatoms. The van der Waals surface area contributed by atoms with Crippen molar-refractivity contribution < 1.29 is 28.6 Å². The minimum Gasteiger partial charge on any atom is -0.493 e. The fraction of sp³-hybridized carbons (Fsp3) is 0.542. The van der Waals surface area contributed by atoms with Gasteiger partial charge in [0.1, 0.15) is 5.60 Å². The summed E-state index contributed by atoms with van der Waals surface area (Å²) in [6, 6.07) is 3.99. The fourth-order valence-electron chi connectivity index (χ4n) is 3.88. The zero-order valence-corrected chi connectivity index (χ0v) is 21.7. The Morgan fingerprint density at radius 1 is 1.20 bits per heavy atom. The summed E-state index contributed by atoms with van der Waals surface area (Å²) in [6.07, 6.45) is 3.03. The first-order chi connectivity index (χ1) is 16.6. The molecule has 1 unspecified atom stereocenters. The fourth-order valence-corrected chi connectivity index (χ4v) is 4.55. The quantitative estimate of drug-likeness (QED) is 0.343.